The Labute approximate surface area is 147 Å². The number of rotatable bonds is 3. The zero-order valence-corrected chi connectivity index (χ0v) is 14.4. The van der Waals surface area contributed by atoms with Crippen molar-refractivity contribution in [1.82, 2.24) is 0 Å². The summed E-state index contributed by atoms with van der Waals surface area (Å²) in [5, 5.41) is 0. The number of morpholine rings is 1. The molecule has 2 aromatic rings. The maximum absolute atomic E-state index is 13.1. The first-order valence-electron chi connectivity index (χ1n) is 8.71. The number of hydrogen-bond acceptors (Lipinski definition) is 3. The molecule has 0 aliphatic carbocycles. The molecule has 0 saturated carbocycles. The van der Waals surface area contributed by atoms with Crippen molar-refractivity contribution in [3.63, 3.8) is 0 Å². The van der Waals surface area contributed by atoms with Gasteiger partial charge in [0, 0.05) is 5.56 Å². The van der Waals surface area contributed by atoms with Crippen molar-refractivity contribution in [2.75, 3.05) is 37.9 Å². The van der Waals surface area contributed by atoms with E-state index in [4.69, 9.17) is 9.73 Å². The lowest BCUT2D eigenvalue weighted by molar-refractivity contribution is -0.906. The third kappa shape index (κ3) is 3.08. The lowest BCUT2D eigenvalue weighted by atomic mass is 10.1. The Morgan fingerprint density at radius 1 is 1.08 bits per heavy atom. The molecule has 1 amide bonds. The fourth-order valence-electron chi connectivity index (χ4n) is 3.38. The normalized spacial score (nSPS) is 19.5. The summed E-state index contributed by atoms with van der Waals surface area (Å²) in [5.41, 5.74) is 4.33. The van der Waals surface area contributed by atoms with Gasteiger partial charge in [-0.2, -0.15) is 0 Å². The van der Waals surface area contributed by atoms with Crippen LogP contribution in [0, 0.1) is 6.92 Å². The van der Waals surface area contributed by atoms with E-state index in [0.29, 0.717) is 12.4 Å². The van der Waals surface area contributed by atoms with E-state index in [0.717, 1.165) is 48.8 Å². The number of carbonyl (C=O) groups is 1. The lowest BCUT2D eigenvalue weighted by Crippen LogP contribution is -3.15. The summed E-state index contributed by atoms with van der Waals surface area (Å²) in [7, 11) is 0. The van der Waals surface area contributed by atoms with Crippen molar-refractivity contribution in [1.29, 1.82) is 0 Å². The molecule has 1 saturated heterocycles. The van der Waals surface area contributed by atoms with E-state index in [2.05, 4.69) is 0 Å². The van der Waals surface area contributed by atoms with Crippen LogP contribution in [0.5, 0.6) is 0 Å². The molecule has 2 heterocycles. The molecule has 2 aromatic carbocycles. The predicted octanol–water partition coefficient (Wildman–Crippen LogP) is 1.34. The van der Waals surface area contributed by atoms with Gasteiger partial charge in [-0.25, -0.2) is 4.99 Å². The van der Waals surface area contributed by atoms with Crippen molar-refractivity contribution in [3.8, 4) is 0 Å². The van der Waals surface area contributed by atoms with Crippen LogP contribution in [0.1, 0.15) is 11.1 Å². The van der Waals surface area contributed by atoms with Gasteiger partial charge in [-0.15, -0.1) is 0 Å². The Kier molecular flexibility index (Phi) is 4.34. The molecule has 0 unspecified atom stereocenters. The van der Waals surface area contributed by atoms with Gasteiger partial charge in [-0.05, 0) is 24.6 Å². The Bertz CT molecular complexity index is 825. The maximum Gasteiger partial charge on any atom is 0.281 e. The Morgan fingerprint density at radius 3 is 2.60 bits per heavy atom. The van der Waals surface area contributed by atoms with Crippen molar-refractivity contribution in [3.05, 3.63) is 59.7 Å². The lowest BCUT2D eigenvalue weighted by Gasteiger charge is -2.27. The smallest absolute Gasteiger partial charge is 0.281 e. The molecule has 0 spiro atoms. The highest BCUT2D eigenvalue weighted by Gasteiger charge is 2.36. The fourth-order valence-corrected chi connectivity index (χ4v) is 3.38. The monoisotopic (exact) mass is 336 g/mol. The van der Waals surface area contributed by atoms with Gasteiger partial charge in [0.15, 0.2) is 6.67 Å². The summed E-state index contributed by atoms with van der Waals surface area (Å²) in [4.78, 5) is 21.1. The summed E-state index contributed by atoms with van der Waals surface area (Å²) in [5.74, 6) is -0.0107. The van der Waals surface area contributed by atoms with Crippen LogP contribution in [0.25, 0.3) is 0 Å². The number of hydrogen-bond donors (Lipinski definition) is 1. The average molecular weight is 336 g/mol. The van der Waals surface area contributed by atoms with Gasteiger partial charge in [0.2, 0.25) is 0 Å². The highest BCUT2D eigenvalue weighted by Crippen LogP contribution is 2.30. The molecule has 5 nitrogen and oxygen atoms in total. The Balaban J connectivity index is 1.70. The molecular formula is C20H22N3O2+. The zero-order valence-electron chi connectivity index (χ0n) is 14.4. The quantitative estimate of drug-likeness (QED) is 0.919. The van der Waals surface area contributed by atoms with Crippen LogP contribution in [-0.4, -0.2) is 44.6 Å². The number of ether oxygens (including phenoxy) is 1. The van der Waals surface area contributed by atoms with E-state index in [-0.39, 0.29) is 5.91 Å². The topological polar surface area (TPSA) is 46.3 Å². The highest BCUT2D eigenvalue weighted by atomic mass is 16.5. The number of anilines is 1. The summed E-state index contributed by atoms with van der Waals surface area (Å²) in [6, 6.07) is 15.8. The molecule has 1 N–H and O–H groups in total. The van der Waals surface area contributed by atoms with Gasteiger partial charge < -0.3 is 9.64 Å². The number of aliphatic imine (C=N–C) groups is 1. The molecule has 2 aliphatic rings. The van der Waals surface area contributed by atoms with E-state index >= 15 is 0 Å². The third-order valence-corrected chi connectivity index (χ3v) is 4.83. The molecule has 25 heavy (non-hydrogen) atoms. The van der Waals surface area contributed by atoms with Crippen LogP contribution in [0.2, 0.25) is 0 Å². The molecule has 5 heteroatoms. The summed E-state index contributed by atoms with van der Waals surface area (Å²) >= 11 is 0. The van der Waals surface area contributed by atoms with Gasteiger partial charge in [0.25, 0.3) is 5.91 Å². The average Bonchev–Trinajstić information content (AvgIpc) is 2.90. The van der Waals surface area contributed by atoms with E-state index in [1.54, 1.807) is 0 Å². The maximum atomic E-state index is 13.1. The number of aryl methyl sites for hydroxylation is 1. The first-order valence-corrected chi connectivity index (χ1v) is 8.71. The summed E-state index contributed by atoms with van der Waals surface area (Å²) in [6.07, 6.45) is 0. The van der Waals surface area contributed by atoms with Crippen molar-refractivity contribution >= 4 is 23.0 Å². The summed E-state index contributed by atoms with van der Waals surface area (Å²) in [6.45, 7) is 6.03. The largest absolute Gasteiger partial charge is 0.370 e. The molecule has 1 fully saturated rings. The van der Waals surface area contributed by atoms with Crippen LogP contribution in [-0.2, 0) is 9.53 Å². The number of carbonyl (C=O) groups excluding carboxylic acids is 1. The molecular weight excluding hydrogens is 314 g/mol. The van der Waals surface area contributed by atoms with Crippen molar-refractivity contribution < 1.29 is 14.4 Å². The molecule has 2 aliphatic heterocycles. The second kappa shape index (κ2) is 6.78. The van der Waals surface area contributed by atoms with E-state index in [9.17, 15) is 4.79 Å². The van der Waals surface area contributed by atoms with E-state index in [1.807, 2.05) is 60.4 Å². The molecule has 128 valence electrons. The van der Waals surface area contributed by atoms with Gasteiger partial charge in [-0.3, -0.25) is 9.69 Å². The number of nitrogens with zero attached hydrogens (tertiary/aromatic N) is 2. The number of benzene rings is 2. The third-order valence-electron chi connectivity index (χ3n) is 4.83. The Hall–Kier alpha value is -2.50. The van der Waals surface area contributed by atoms with E-state index < -0.39 is 0 Å². The zero-order chi connectivity index (χ0) is 17.2. The van der Waals surface area contributed by atoms with Crippen LogP contribution < -0.4 is 9.80 Å². The number of fused-ring (bicyclic) bond motifs is 1. The first-order chi connectivity index (χ1) is 12.2. The number of amides is 1. The minimum atomic E-state index is -0.0107. The van der Waals surface area contributed by atoms with Gasteiger partial charge in [-0.1, -0.05) is 36.4 Å². The molecule has 0 radical (unpaired) electrons. The summed E-state index contributed by atoms with van der Waals surface area (Å²) < 4.78 is 5.43. The van der Waals surface area contributed by atoms with Crippen LogP contribution in [0.15, 0.2) is 53.5 Å². The van der Waals surface area contributed by atoms with Crippen LogP contribution >= 0.6 is 0 Å². The molecule has 0 bridgehead atoms. The van der Waals surface area contributed by atoms with Crippen LogP contribution in [0.3, 0.4) is 0 Å². The van der Waals surface area contributed by atoms with E-state index in [1.165, 1.54) is 4.90 Å². The SMILES string of the molecule is Cc1ccccc1N=C1C(=O)N(C[NH+]2CCOCC2)c2ccccc21. The van der Waals surface area contributed by atoms with Gasteiger partial charge >= 0.3 is 0 Å². The molecule has 0 aromatic heterocycles. The Morgan fingerprint density at radius 2 is 1.80 bits per heavy atom. The number of quaternary nitrogens is 1. The number of para-hydroxylation sites is 2. The minimum absolute atomic E-state index is 0.0107. The van der Waals surface area contributed by atoms with Crippen LogP contribution in [0.4, 0.5) is 11.4 Å². The van der Waals surface area contributed by atoms with Gasteiger partial charge in [0.1, 0.15) is 18.8 Å². The second-order valence-electron chi connectivity index (χ2n) is 6.52. The van der Waals surface area contributed by atoms with Crippen molar-refractivity contribution in [2.45, 2.75) is 6.92 Å². The van der Waals surface area contributed by atoms with Crippen molar-refractivity contribution in [2.24, 2.45) is 4.99 Å². The molecule has 0 atom stereocenters. The predicted molar refractivity (Wildman–Crippen MR) is 97.7 cm³/mol. The second-order valence-corrected chi connectivity index (χ2v) is 6.52. The standard InChI is InChI=1S/C20H21N3O2/c1-15-6-2-4-8-17(15)21-19-16-7-3-5-9-18(16)23(20(19)24)14-22-10-12-25-13-11-22/h2-9H,10-14H2,1H3/p+1. The minimum Gasteiger partial charge on any atom is -0.370 e. The fraction of sp³-hybridized carbons (Fsp3) is 0.300. The number of nitrogens with one attached hydrogen (secondary N) is 1. The first kappa shape index (κ1) is 16.0. The highest BCUT2D eigenvalue weighted by molar-refractivity contribution is 6.54. The molecule has 4 rings (SSSR count). The van der Waals surface area contributed by atoms with Gasteiger partial charge in [0.05, 0.1) is 24.6 Å².